The van der Waals surface area contributed by atoms with E-state index in [4.69, 9.17) is 0 Å². The maximum absolute atomic E-state index is 11.0. The van der Waals surface area contributed by atoms with Gasteiger partial charge in [0.05, 0.1) is 4.92 Å². The number of hydrogen-bond donors (Lipinski definition) is 1. The predicted octanol–water partition coefficient (Wildman–Crippen LogP) is 3.32. The number of aryl methyl sites for hydroxylation is 1. The molecule has 0 radical (unpaired) electrons. The second kappa shape index (κ2) is 6.09. The van der Waals surface area contributed by atoms with E-state index in [0.717, 1.165) is 17.8 Å². The zero-order chi connectivity index (χ0) is 13.0. The molecule has 1 heterocycles. The Morgan fingerprint density at radius 1 is 1.56 bits per heavy atom. The summed E-state index contributed by atoms with van der Waals surface area (Å²) in [6, 6.07) is 5.44. The first kappa shape index (κ1) is 13.2. The van der Waals surface area contributed by atoms with Gasteiger partial charge < -0.3 is 5.32 Å². The number of benzene rings is 1. The minimum absolute atomic E-state index is 0.225. The Kier molecular flexibility index (Phi) is 4.47. The second-order valence-electron chi connectivity index (χ2n) is 4.56. The van der Waals surface area contributed by atoms with Gasteiger partial charge in [0.2, 0.25) is 0 Å². The van der Waals surface area contributed by atoms with Gasteiger partial charge in [-0.2, -0.15) is 11.8 Å². The lowest BCUT2D eigenvalue weighted by atomic mass is 10.1. The molecule has 18 heavy (non-hydrogen) atoms. The highest BCUT2D eigenvalue weighted by Crippen LogP contribution is 2.26. The number of nitrogens with one attached hydrogen (secondary N) is 1. The van der Waals surface area contributed by atoms with Gasteiger partial charge >= 0.3 is 0 Å². The second-order valence-corrected chi connectivity index (χ2v) is 5.71. The Hall–Kier alpha value is -1.23. The van der Waals surface area contributed by atoms with E-state index in [0.29, 0.717) is 12.3 Å². The summed E-state index contributed by atoms with van der Waals surface area (Å²) in [6.07, 6.45) is 1.93. The fourth-order valence-corrected chi connectivity index (χ4v) is 3.43. The topological polar surface area (TPSA) is 55.2 Å². The predicted molar refractivity (Wildman–Crippen MR) is 76.4 cm³/mol. The lowest BCUT2D eigenvalue weighted by Crippen LogP contribution is -2.13. The van der Waals surface area contributed by atoms with Crippen LogP contribution in [0, 0.1) is 16.0 Å². The van der Waals surface area contributed by atoms with Gasteiger partial charge in [-0.1, -0.05) is 13.0 Å². The average Bonchev–Trinajstić information content (AvgIpc) is 2.89. The third-order valence-electron chi connectivity index (χ3n) is 3.28. The Bertz CT molecular complexity index is 431. The molecule has 0 amide bonds. The number of thioether (sulfide) groups is 1. The number of nitro benzene ring substituents is 1. The van der Waals surface area contributed by atoms with Crippen LogP contribution < -0.4 is 5.32 Å². The van der Waals surface area contributed by atoms with E-state index >= 15 is 0 Å². The van der Waals surface area contributed by atoms with Crippen molar-refractivity contribution in [1.82, 2.24) is 0 Å². The minimum Gasteiger partial charge on any atom is -0.385 e. The zero-order valence-electron chi connectivity index (χ0n) is 10.5. The number of rotatable bonds is 5. The molecule has 1 atom stereocenters. The summed E-state index contributed by atoms with van der Waals surface area (Å²) in [4.78, 5) is 10.7. The van der Waals surface area contributed by atoms with Crippen LogP contribution in [0.5, 0.6) is 0 Å². The number of anilines is 1. The van der Waals surface area contributed by atoms with Crippen molar-refractivity contribution in [3.8, 4) is 0 Å². The van der Waals surface area contributed by atoms with E-state index in [1.165, 1.54) is 17.9 Å². The highest BCUT2D eigenvalue weighted by Gasteiger charge is 2.16. The summed E-state index contributed by atoms with van der Waals surface area (Å²) < 4.78 is 0. The number of nitro groups is 1. The van der Waals surface area contributed by atoms with E-state index in [-0.39, 0.29) is 10.6 Å². The monoisotopic (exact) mass is 266 g/mol. The number of hydrogen-bond acceptors (Lipinski definition) is 4. The first-order valence-corrected chi connectivity index (χ1v) is 7.45. The van der Waals surface area contributed by atoms with Crippen LogP contribution in [0.1, 0.15) is 18.9 Å². The molecular weight excluding hydrogens is 248 g/mol. The van der Waals surface area contributed by atoms with Gasteiger partial charge in [0.1, 0.15) is 0 Å². The third-order valence-corrected chi connectivity index (χ3v) is 4.51. The average molecular weight is 266 g/mol. The van der Waals surface area contributed by atoms with Gasteiger partial charge in [0.15, 0.2) is 0 Å². The van der Waals surface area contributed by atoms with Gasteiger partial charge in [-0.25, -0.2) is 0 Å². The van der Waals surface area contributed by atoms with Crippen LogP contribution in [-0.2, 0) is 6.42 Å². The van der Waals surface area contributed by atoms with E-state index in [9.17, 15) is 10.1 Å². The number of nitrogens with zero attached hydrogens (tertiary/aromatic N) is 1. The van der Waals surface area contributed by atoms with Crippen molar-refractivity contribution in [1.29, 1.82) is 0 Å². The quantitative estimate of drug-likeness (QED) is 0.656. The molecule has 0 bridgehead atoms. The Labute approximate surface area is 111 Å². The van der Waals surface area contributed by atoms with Crippen molar-refractivity contribution in [3.63, 3.8) is 0 Å². The maximum atomic E-state index is 11.0. The van der Waals surface area contributed by atoms with Gasteiger partial charge in [0.25, 0.3) is 5.69 Å². The molecule has 1 aliphatic heterocycles. The molecule has 0 aromatic heterocycles. The molecule has 2 rings (SSSR count). The summed E-state index contributed by atoms with van der Waals surface area (Å²) in [6.45, 7) is 2.85. The van der Waals surface area contributed by atoms with Crippen molar-refractivity contribution >= 4 is 23.1 Å². The molecule has 1 fully saturated rings. The smallest absolute Gasteiger partial charge is 0.274 e. The van der Waals surface area contributed by atoms with Gasteiger partial charge in [-0.15, -0.1) is 0 Å². The molecule has 5 heteroatoms. The zero-order valence-corrected chi connectivity index (χ0v) is 11.3. The van der Waals surface area contributed by atoms with Crippen molar-refractivity contribution in [2.75, 3.05) is 23.4 Å². The van der Waals surface area contributed by atoms with Crippen LogP contribution >= 0.6 is 11.8 Å². The van der Waals surface area contributed by atoms with Gasteiger partial charge in [-0.3, -0.25) is 10.1 Å². The molecule has 1 aromatic carbocycles. The summed E-state index contributed by atoms with van der Waals surface area (Å²) in [5, 5.41) is 14.3. The van der Waals surface area contributed by atoms with Crippen molar-refractivity contribution < 1.29 is 4.92 Å². The minimum atomic E-state index is -0.296. The van der Waals surface area contributed by atoms with Gasteiger partial charge in [-0.05, 0) is 36.3 Å². The van der Waals surface area contributed by atoms with Crippen LogP contribution in [0.2, 0.25) is 0 Å². The fraction of sp³-hybridized carbons (Fsp3) is 0.538. The summed E-state index contributed by atoms with van der Waals surface area (Å²) in [5.74, 6) is 3.13. The van der Waals surface area contributed by atoms with Crippen LogP contribution in [0.3, 0.4) is 0 Å². The van der Waals surface area contributed by atoms with Crippen molar-refractivity contribution in [2.24, 2.45) is 5.92 Å². The molecule has 1 aliphatic rings. The molecule has 0 spiro atoms. The van der Waals surface area contributed by atoms with Crippen LogP contribution in [0.25, 0.3) is 0 Å². The van der Waals surface area contributed by atoms with Crippen molar-refractivity contribution in [2.45, 2.75) is 19.8 Å². The molecule has 0 aliphatic carbocycles. The standard InChI is InChI=1S/C13H18N2O2S/c1-2-11-3-4-12(7-13(11)15(16)17)14-8-10-5-6-18-9-10/h3-4,7,10,14H,2,5-6,8-9H2,1H3. The van der Waals surface area contributed by atoms with E-state index in [2.05, 4.69) is 5.32 Å². The molecule has 4 nitrogen and oxygen atoms in total. The molecule has 1 aromatic rings. The first-order valence-electron chi connectivity index (χ1n) is 6.29. The van der Waals surface area contributed by atoms with Crippen molar-refractivity contribution in [3.05, 3.63) is 33.9 Å². The summed E-state index contributed by atoms with van der Waals surface area (Å²) >= 11 is 1.98. The fourth-order valence-electron chi connectivity index (χ4n) is 2.15. The maximum Gasteiger partial charge on any atom is 0.274 e. The molecule has 1 unspecified atom stereocenters. The molecular formula is C13H18N2O2S. The molecule has 98 valence electrons. The Balaban J connectivity index is 2.04. The van der Waals surface area contributed by atoms with E-state index in [1.54, 1.807) is 6.07 Å². The summed E-state index contributed by atoms with van der Waals surface area (Å²) in [5.41, 5.74) is 1.88. The molecule has 1 saturated heterocycles. The van der Waals surface area contributed by atoms with E-state index < -0.39 is 0 Å². The molecule has 1 N–H and O–H groups in total. The van der Waals surface area contributed by atoms with Crippen LogP contribution in [0.4, 0.5) is 11.4 Å². The Morgan fingerprint density at radius 2 is 2.39 bits per heavy atom. The summed E-state index contributed by atoms with van der Waals surface area (Å²) in [7, 11) is 0. The van der Waals surface area contributed by atoms with Gasteiger partial charge in [0, 0.05) is 23.9 Å². The Morgan fingerprint density at radius 3 is 3.00 bits per heavy atom. The lowest BCUT2D eigenvalue weighted by Gasteiger charge is -2.11. The molecule has 0 saturated carbocycles. The van der Waals surface area contributed by atoms with Crippen LogP contribution in [-0.4, -0.2) is 23.0 Å². The largest absolute Gasteiger partial charge is 0.385 e. The normalized spacial score (nSPS) is 18.8. The van der Waals surface area contributed by atoms with Crippen LogP contribution in [0.15, 0.2) is 18.2 Å². The SMILES string of the molecule is CCc1ccc(NCC2CCSC2)cc1[N+](=O)[O-]. The third kappa shape index (κ3) is 3.16. The van der Waals surface area contributed by atoms with E-state index in [1.807, 2.05) is 30.8 Å². The highest BCUT2D eigenvalue weighted by atomic mass is 32.2. The highest BCUT2D eigenvalue weighted by molar-refractivity contribution is 7.99. The lowest BCUT2D eigenvalue weighted by molar-refractivity contribution is -0.385. The first-order chi connectivity index (χ1) is 8.70.